The molecule has 4 rings (SSSR count). The molecule has 0 spiro atoms. The van der Waals surface area contributed by atoms with Crippen LogP contribution in [0.4, 0.5) is 9.39 Å². The Kier molecular flexibility index (Phi) is 6.78. The second-order valence-electron chi connectivity index (χ2n) is 7.64. The molecule has 10 heteroatoms. The molecule has 0 unspecified atom stereocenters. The zero-order valence-corrected chi connectivity index (χ0v) is 19.5. The van der Waals surface area contributed by atoms with Crippen LogP contribution in [0.1, 0.15) is 30.1 Å². The van der Waals surface area contributed by atoms with Crippen LogP contribution >= 0.6 is 11.3 Å². The summed E-state index contributed by atoms with van der Waals surface area (Å²) in [4.78, 5) is 25.5. The normalized spacial score (nSPS) is 15.5. The highest BCUT2D eigenvalue weighted by molar-refractivity contribution is 7.89. The van der Waals surface area contributed by atoms with Crippen LogP contribution in [0.5, 0.6) is 0 Å². The molecule has 2 heterocycles. The third kappa shape index (κ3) is 4.78. The Labute approximate surface area is 195 Å². The smallest absolute Gasteiger partial charge is 0.341 e. The summed E-state index contributed by atoms with van der Waals surface area (Å²) in [6.07, 6.45) is 0.678. The van der Waals surface area contributed by atoms with Gasteiger partial charge in [0.1, 0.15) is 16.4 Å². The summed E-state index contributed by atoms with van der Waals surface area (Å²) in [5, 5.41) is 4.02. The van der Waals surface area contributed by atoms with Gasteiger partial charge in [-0.25, -0.2) is 17.6 Å². The number of halogens is 1. The lowest BCUT2D eigenvalue weighted by Crippen LogP contribution is -2.41. The number of anilines is 1. The molecule has 0 radical (unpaired) electrons. The molecule has 33 heavy (non-hydrogen) atoms. The van der Waals surface area contributed by atoms with E-state index in [0.717, 1.165) is 22.2 Å². The van der Waals surface area contributed by atoms with Crippen molar-refractivity contribution < 1.29 is 27.1 Å². The Morgan fingerprint density at radius 2 is 1.79 bits per heavy atom. The first-order chi connectivity index (χ1) is 15.8. The molecule has 3 aromatic rings. The predicted octanol–water partition coefficient (Wildman–Crippen LogP) is 4.26. The first-order valence-corrected chi connectivity index (χ1v) is 12.8. The van der Waals surface area contributed by atoms with Gasteiger partial charge in [-0.05, 0) is 50.1 Å². The number of esters is 1. The molecule has 7 nitrogen and oxygen atoms in total. The summed E-state index contributed by atoms with van der Waals surface area (Å²) >= 11 is 1.30. The molecule has 174 valence electrons. The van der Waals surface area contributed by atoms with Crippen LogP contribution in [0.25, 0.3) is 10.1 Å². The van der Waals surface area contributed by atoms with E-state index >= 15 is 0 Å². The lowest BCUT2D eigenvalue weighted by Gasteiger charge is -2.30. The SMILES string of the molecule is CCOC(=O)c1c(NC(=O)C2CCN(S(=O)(=O)c3ccc(F)cc3)CC2)sc2ccccc12. The average molecular weight is 491 g/mol. The van der Waals surface area contributed by atoms with Gasteiger partial charge in [-0.1, -0.05) is 18.2 Å². The quantitative estimate of drug-likeness (QED) is 0.522. The van der Waals surface area contributed by atoms with Gasteiger partial charge in [-0.15, -0.1) is 11.3 Å². The number of nitrogens with zero attached hydrogens (tertiary/aromatic N) is 1. The van der Waals surface area contributed by atoms with Crippen LogP contribution in [0.15, 0.2) is 53.4 Å². The molecule has 0 atom stereocenters. The van der Waals surface area contributed by atoms with Crippen molar-refractivity contribution >= 4 is 48.3 Å². The minimum atomic E-state index is -3.75. The summed E-state index contributed by atoms with van der Waals surface area (Å²) in [6.45, 7) is 2.29. The number of ether oxygens (including phenoxy) is 1. The summed E-state index contributed by atoms with van der Waals surface area (Å²) in [5.74, 6) is -1.66. The molecular weight excluding hydrogens is 467 g/mol. The monoisotopic (exact) mass is 490 g/mol. The van der Waals surface area contributed by atoms with Crippen molar-refractivity contribution in [2.24, 2.45) is 5.92 Å². The second-order valence-corrected chi connectivity index (χ2v) is 10.6. The van der Waals surface area contributed by atoms with E-state index in [1.165, 1.54) is 27.8 Å². The predicted molar refractivity (Wildman–Crippen MR) is 124 cm³/mol. The molecule has 2 aromatic carbocycles. The molecule has 1 aromatic heterocycles. The Morgan fingerprint density at radius 3 is 2.45 bits per heavy atom. The van der Waals surface area contributed by atoms with E-state index in [0.29, 0.717) is 23.4 Å². The van der Waals surface area contributed by atoms with Crippen molar-refractivity contribution in [1.82, 2.24) is 4.31 Å². The summed E-state index contributed by atoms with van der Waals surface area (Å²) in [7, 11) is -3.75. The van der Waals surface area contributed by atoms with Crippen molar-refractivity contribution in [3.8, 4) is 0 Å². The maximum atomic E-state index is 13.1. The van der Waals surface area contributed by atoms with Gasteiger partial charge >= 0.3 is 5.97 Å². The number of carbonyl (C=O) groups excluding carboxylic acids is 2. The molecular formula is C23H23FN2O5S2. The van der Waals surface area contributed by atoms with Crippen LogP contribution in [-0.2, 0) is 19.6 Å². The molecule has 1 aliphatic rings. The minimum Gasteiger partial charge on any atom is -0.462 e. The third-order valence-corrected chi connectivity index (χ3v) is 8.59. The van der Waals surface area contributed by atoms with Crippen molar-refractivity contribution in [3.63, 3.8) is 0 Å². The topological polar surface area (TPSA) is 92.8 Å². The van der Waals surface area contributed by atoms with Gasteiger partial charge in [-0.3, -0.25) is 4.79 Å². The standard InChI is InChI=1S/C23H23FN2O5S2/c1-2-31-23(28)20-18-5-3-4-6-19(18)32-22(20)25-21(27)15-11-13-26(14-12-15)33(29,30)17-9-7-16(24)8-10-17/h3-10,15H,2,11-14H2,1H3,(H,25,27). The summed E-state index contributed by atoms with van der Waals surface area (Å²) in [6, 6.07) is 12.1. The maximum absolute atomic E-state index is 13.1. The molecule has 0 bridgehead atoms. The van der Waals surface area contributed by atoms with Crippen LogP contribution in [-0.4, -0.2) is 44.3 Å². The highest BCUT2D eigenvalue weighted by atomic mass is 32.2. The van der Waals surface area contributed by atoms with Crippen molar-refractivity contribution in [3.05, 3.63) is 59.9 Å². The fourth-order valence-corrected chi connectivity index (χ4v) is 6.43. The number of amides is 1. The van der Waals surface area contributed by atoms with Gasteiger partial charge in [0.05, 0.1) is 11.5 Å². The summed E-state index contributed by atoms with van der Waals surface area (Å²) in [5.41, 5.74) is 0.335. The lowest BCUT2D eigenvalue weighted by molar-refractivity contribution is -0.120. The molecule has 1 amide bonds. The van der Waals surface area contributed by atoms with Gasteiger partial charge in [-0.2, -0.15) is 4.31 Å². The second kappa shape index (κ2) is 9.58. The van der Waals surface area contributed by atoms with E-state index in [9.17, 15) is 22.4 Å². The maximum Gasteiger partial charge on any atom is 0.341 e. The number of carbonyl (C=O) groups is 2. The molecule has 1 N–H and O–H groups in total. The Hall–Kier alpha value is -2.82. The number of fused-ring (bicyclic) bond motifs is 1. The van der Waals surface area contributed by atoms with E-state index in [1.807, 2.05) is 24.3 Å². The number of thiophene rings is 1. The van der Waals surface area contributed by atoms with Crippen LogP contribution < -0.4 is 5.32 Å². The molecule has 1 aliphatic heterocycles. The molecule has 0 aliphatic carbocycles. The highest BCUT2D eigenvalue weighted by Crippen LogP contribution is 2.37. The van der Waals surface area contributed by atoms with E-state index < -0.39 is 27.7 Å². The van der Waals surface area contributed by atoms with Crippen LogP contribution in [0.2, 0.25) is 0 Å². The largest absolute Gasteiger partial charge is 0.462 e. The summed E-state index contributed by atoms with van der Waals surface area (Å²) < 4.78 is 46.1. The highest BCUT2D eigenvalue weighted by Gasteiger charge is 2.33. The van der Waals surface area contributed by atoms with Gasteiger partial charge in [0.25, 0.3) is 0 Å². The Balaban J connectivity index is 1.47. The van der Waals surface area contributed by atoms with Crippen molar-refractivity contribution in [2.45, 2.75) is 24.7 Å². The minimum absolute atomic E-state index is 0.0242. The molecule has 1 saturated heterocycles. The van der Waals surface area contributed by atoms with E-state index in [4.69, 9.17) is 4.74 Å². The number of rotatable bonds is 6. The zero-order valence-electron chi connectivity index (χ0n) is 17.9. The number of hydrogen-bond donors (Lipinski definition) is 1. The van der Waals surface area contributed by atoms with Crippen molar-refractivity contribution in [1.29, 1.82) is 0 Å². The number of hydrogen-bond acceptors (Lipinski definition) is 6. The third-order valence-electron chi connectivity index (χ3n) is 5.59. The van der Waals surface area contributed by atoms with Gasteiger partial charge < -0.3 is 10.1 Å². The molecule has 1 fully saturated rings. The number of benzene rings is 2. The number of sulfonamides is 1. The first kappa shape index (κ1) is 23.3. The Morgan fingerprint density at radius 1 is 1.12 bits per heavy atom. The zero-order chi connectivity index (χ0) is 23.6. The van der Waals surface area contributed by atoms with Crippen LogP contribution in [0, 0.1) is 11.7 Å². The number of piperidine rings is 1. The fraction of sp³-hybridized carbons (Fsp3) is 0.304. The molecule has 0 saturated carbocycles. The van der Waals surface area contributed by atoms with Crippen LogP contribution in [0.3, 0.4) is 0 Å². The van der Waals surface area contributed by atoms with Gasteiger partial charge in [0.2, 0.25) is 15.9 Å². The Bertz CT molecular complexity index is 1280. The lowest BCUT2D eigenvalue weighted by atomic mass is 9.97. The first-order valence-electron chi connectivity index (χ1n) is 10.6. The fourth-order valence-electron chi connectivity index (χ4n) is 3.87. The van der Waals surface area contributed by atoms with E-state index in [-0.39, 0.29) is 30.5 Å². The van der Waals surface area contributed by atoms with E-state index in [2.05, 4.69) is 5.32 Å². The average Bonchev–Trinajstić information content (AvgIpc) is 3.17. The number of nitrogens with one attached hydrogen (secondary N) is 1. The van der Waals surface area contributed by atoms with Gasteiger partial charge in [0, 0.05) is 29.1 Å². The van der Waals surface area contributed by atoms with Gasteiger partial charge in [0.15, 0.2) is 0 Å². The van der Waals surface area contributed by atoms with E-state index in [1.54, 1.807) is 6.92 Å². The van der Waals surface area contributed by atoms with Crippen molar-refractivity contribution in [2.75, 3.05) is 25.0 Å².